The fraction of sp³-hybridized carbons (Fsp3) is 0.417. The van der Waals surface area contributed by atoms with Gasteiger partial charge in [-0.2, -0.15) is 0 Å². The molecule has 0 aliphatic rings. The molecule has 18 heavy (non-hydrogen) atoms. The van der Waals surface area contributed by atoms with E-state index in [9.17, 15) is 4.79 Å². The highest BCUT2D eigenvalue weighted by Crippen LogP contribution is 2.31. The topological polar surface area (TPSA) is 64.3 Å². The summed E-state index contributed by atoms with van der Waals surface area (Å²) >= 11 is 11.7. The Labute approximate surface area is 116 Å². The normalized spacial score (nSPS) is 10.4. The number of nitrogens with two attached hydrogens (primary N) is 1. The summed E-state index contributed by atoms with van der Waals surface area (Å²) < 4.78 is 5.19. The summed E-state index contributed by atoms with van der Waals surface area (Å²) in [6.07, 6.45) is 1.95. The number of hydrogen-bond acceptors (Lipinski definition) is 3. The summed E-state index contributed by atoms with van der Waals surface area (Å²) in [5, 5.41) is 3.34. The van der Waals surface area contributed by atoms with Gasteiger partial charge in [-0.25, -0.2) is 0 Å². The highest BCUT2D eigenvalue weighted by Gasteiger charge is 2.10. The van der Waals surface area contributed by atoms with E-state index >= 15 is 0 Å². The van der Waals surface area contributed by atoms with Crippen molar-refractivity contribution in [1.82, 2.24) is 0 Å². The Kier molecular flexibility index (Phi) is 6.25. The number of halogens is 2. The second kappa shape index (κ2) is 7.46. The average molecular weight is 291 g/mol. The molecule has 0 bridgehead atoms. The van der Waals surface area contributed by atoms with Gasteiger partial charge in [0.15, 0.2) is 0 Å². The van der Waals surface area contributed by atoms with E-state index in [-0.39, 0.29) is 12.5 Å². The molecule has 1 amide bonds. The molecule has 0 aliphatic heterocycles. The van der Waals surface area contributed by atoms with Crippen LogP contribution in [0.5, 0.6) is 0 Å². The minimum Gasteiger partial charge on any atom is -0.397 e. The molecule has 1 aromatic carbocycles. The average Bonchev–Trinajstić information content (AvgIpc) is 2.29. The first kappa shape index (κ1) is 15.1. The maximum atomic E-state index is 11.6. The first-order valence-electron chi connectivity index (χ1n) is 5.66. The third kappa shape index (κ3) is 4.72. The summed E-state index contributed by atoms with van der Waals surface area (Å²) in [5.74, 6) is -0.290. The van der Waals surface area contributed by atoms with Gasteiger partial charge in [0.05, 0.1) is 16.4 Å². The van der Waals surface area contributed by atoms with E-state index < -0.39 is 0 Å². The van der Waals surface area contributed by atoms with Crippen molar-refractivity contribution in [2.75, 3.05) is 24.3 Å². The number of carbonyl (C=O) groups is 1. The standard InChI is InChI=1S/C12H16Cl2N2O2/c1-2-3-4-18-7-11(17)16-12-9(14)5-8(13)6-10(12)15/h5-6H,2-4,7,15H2,1H3,(H,16,17). The van der Waals surface area contributed by atoms with Crippen LogP contribution in [0, 0.1) is 0 Å². The number of nitrogen functional groups attached to an aromatic ring is 1. The Bertz CT molecular complexity index is 402. The number of carbonyl (C=O) groups excluding carboxylic acids is 1. The van der Waals surface area contributed by atoms with Crippen molar-refractivity contribution in [3.63, 3.8) is 0 Å². The first-order valence-corrected chi connectivity index (χ1v) is 6.42. The van der Waals surface area contributed by atoms with Crippen molar-refractivity contribution in [2.24, 2.45) is 0 Å². The van der Waals surface area contributed by atoms with Gasteiger partial charge in [0.1, 0.15) is 6.61 Å². The van der Waals surface area contributed by atoms with E-state index in [2.05, 4.69) is 12.2 Å². The van der Waals surface area contributed by atoms with Gasteiger partial charge in [0, 0.05) is 11.6 Å². The van der Waals surface area contributed by atoms with Crippen LogP contribution in [0.1, 0.15) is 19.8 Å². The molecule has 0 radical (unpaired) electrons. The van der Waals surface area contributed by atoms with E-state index in [0.29, 0.717) is 28.0 Å². The molecule has 0 heterocycles. The van der Waals surface area contributed by atoms with Crippen LogP contribution in [0.25, 0.3) is 0 Å². The molecular formula is C12H16Cl2N2O2. The number of nitrogens with one attached hydrogen (secondary N) is 1. The molecular weight excluding hydrogens is 275 g/mol. The summed E-state index contributed by atoms with van der Waals surface area (Å²) in [5.41, 5.74) is 6.42. The lowest BCUT2D eigenvalue weighted by molar-refractivity contribution is -0.120. The second-order valence-electron chi connectivity index (χ2n) is 3.81. The van der Waals surface area contributed by atoms with Gasteiger partial charge in [-0.05, 0) is 18.6 Å². The van der Waals surface area contributed by atoms with Gasteiger partial charge in [0.2, 0.25) is 5.91 Å². The molecule has 1 rings (SSSR count). The predicted molar refractivity (Wildman–Crippen MR) is 75.2 cm³/mol. The van der Waals surface area contributed by atoms with Crippen molar-refractivity contribution < 1.29 is 9.53 Å². The van der Waals surface area contributed by atoms with Gasteiger partial charge < -0.3 is 15.8 Å². The molecule has 0 unspecified atom stereocenters. The maximum Gasteiger partial charge on any atom is 0.250 e. The summed E-state index contributed by atoms with van der Waals surface area (Å²) in [7, 11) is 0. The molecule has 4 nitrogen and oxygen atoms in total. The van der Waals surface area contributed by atoms with Crippen LogP contribution in [-0.4, -0.2) is 19.1 Å². The van der Waals surface area contributed by atoms with Crippen LogP contribution in [0.3, 0.4) is 0 Å². The van der Waals surface area contributed by atoms with E-state index in [0.717, 1.165) is 12.8 Å². The molecule has 0 aliphatic carbocycles. The molecule has 0 saturated carbocycles. The minimum atomic E-state index is -0.290. The van der Waals surface area contributed by atoms with Crippen LogP contribution in [-0.2, 0) is 9.53 Å². The maximum absolute atomic E-state index is 11.6. The number of ether oxygens (including phenoxy) is 1. The zero-order chi connectivity index (χ0) is 13.5. The molecule has 0 atom stereocenters. The molecule has 3 N–H and O–H groups in total. The lowest BCUT2D eigenvalue weighted by atomic mass is 10.2. The first-order chi connectivity index (χ1) is 8.54. The molecule has 6 heteroatoms. The van der Waals surface area contributed by atoms with Crippen LogP contribution >= 0.6 is 23.2 Å². The van der Waals surface area contributed by atoms with Crippen LogP contribution in [0.2, 0.25) is 10.0 Å². The van der Waals surface area contributed by atoms with E-state index in [4.69, 9.17) is 33.7 Å². The van der Waals surface area contributed by atoms with Gasteiger partial charge >= 0.3 is 0 Å². The SMILES string of the molecule is CCCCOCC(=O)Nc1c(N)cc(Cl)cc1Cl. The van der Waals surface area contributed by atoms with Crippen LogP contribution in [0.4, 0.5) is 11.4 Å². The summed E-state index contributed by atoms with van der Waals surface area (Å²) in [4.78, 5) is 11.6. The fourth-order valence-corrected chi connectivity index (χ4v) is 1.87. The largest absolute Gasteiger partial charge is 0.397 e. The molecule has 0 saturated heterocycles. The fourth-order valence-electron chi connectivity index (χ4n) is 1.31. The molecule has 0 aromatic heterocycles. The Hall–Kier alpha value is -0.970. The lowest BCUT2D eigenvalue weighted by Gasteiger charge is -2.10. The van der Waals surface area contributed by atoms with Gasteiger partial charge in [0.25, 0.3) is 0 Å². The van der Waals surface area contributed by atoms with Crippen LogP contribution in [0.15, 0.2) is 12.1 Å². The lowest BCUT2D eigenvalue weighted by Crippen LogP contribution is -2.19. The quantitative estimate of drug-likeness (QED) is 0.624. The van der Waals surface area contributed by atoms with Crippen molar-refractivity contribution in [3.05, 3.63) is 22.2 Å². The smallest absolute Gasteiger partial charge is 0.250 e. The number of hydrogen-bond donors (Lipinski definition) is 2. The molecule has 1 aromatic rings. The van der Waals surface area contributed by atoms with Gasteiger partial charge in [-0.15, -0.1) is 0 Å². The highest BCUT2D eigenvalue weighted by atomic mass is 35.5. The summed E-state index contributed by atoms with van der Waals surface area (Å²) in [6, 6.07) is 3.05. The summed E-state index contributed by atoms with van der Waals surface area (Å²) in [6.45, 7) is 2.60. The third-order valence-electron chi connectivity index (χ3n) is 2.23. The van der Waals surface area contributed by atoms with Crippen LogP contribution < -0.4 is 11.1 Å². The van der Waals surface area contributed by atoms with Gasteiger partial charge in [-0.1, -0.05) is 36.5 Å². The number of amides is 1. The van der Waals surface area contributed by atoms with Crippen molar-refractivity contribution in [2.45, 2.75) is 19.8 Å². The highest BCUT2D eigenvalue weighted by molar-refractivity contribution is 6.37. The number of rotatable bonds is 6. The number of unbranched alkanes of at least 4 members (excludes halogenated alkanes) is 1. The Morgan fingerprint density at radius 3 is 2.78 bits per heavy atom. The molecule has 100 valence electrons. The predicted octanol–water partition coefficient (Wildman–Crippen LogP) is 3.33. The zero-order valence-corrected chi connectivity index (χ0v) is 11.6. The van der Waals surface area contributed by atoms with E-state index in [1.54, 1.807) is 0 Å². The second-order valence-corrected chi connectivity index (χ2v) is 4.65. The van der Waals surface area contributed by atoms with E-state index in [1.807, 2.05) is 0 Å². The van der Waals surface area contributed by atoms with Crippen molar-refractivity contribution >= 4 is 40.5 Å². The van der Waals surface area contributed by atoms with Crippen molar-refractivity contribution in [3.8, 4) is 0 Å². The number of benzene rings is 1. The monoisotopic (exact) mass is 290 g/mol. The minimum absolute atomic E-state index is 0.0155. The molecule has 0 fully saturated rings. The van der Waals surface area contributed by atoms with E-state index in [1.165, 1.54) is 12.1 Å². The Morgan fingerprint density at radius 1 is 1.44 bits per heavy atom. The molecule has 0 spiro atoms. The Morgan fingerprint density at radius 2 is 2.17 bits per heavy atom. The third-order valence-corrected chi connectivity index (χ3v) is 2.74. The Balaban J connectivity index is 2.54. The van der Waals surface area contributed by atoms with Crippen molar-refractivity contribution in [1.29, 1.82) is 0 Å². The number of anilines is 2. The van der Waals surface area contributed by atoms with Gasteiger partial charge in [-0.3, -0.25) is 4.79 Å². The zero-order valence-electron chi connectivity index (χ0n) is 10.1.